The molecule has 1 nitrogen and oxygen atoms in total. The quantitative estimate of drug-likeness (QED) is 0.696. The van der Waals surface area contributed by atoms with Gasteiger partial charge in [0.2, 0.25) is 0 Å². The first kappa shape index (κ1) is 13.5. The van der Waals surface area contributed by atoms with E-state index >= 15 is 0 Å². The Balaban J connectivity index is 2.23. The van der Waals surface area contributed by atoms with Gasteiger partial charge in [-0.15, -0.1) is 0 Å². The molecule has 0 aliphatic carbocycles. The molecule has 0 saturated carbocycles. The van der Waals surface area contributed by atoms with Crippen LogP contribution < -0.4 is 5.32 Å². The van der Waals surface area contributed by atoms with Gasteiger partial charge in [0.1, 0.15) is 0 Å². The molecular weight excluding hydrogens is 218 g/mol. The fraction of sp³-hybridized carbons (Fsp3) is 0.571. The molecule has 1 aromatic carbocycles. The molecule has 0 aliphatic rings. The summed E-state index contributed by atoms with van der Waals surface area (Å²) in [5.74, 6) is 0. The number of unbranched alkanes of at least 4 members (excludes halogenated alkanes) is 2. The minimum absolute atomic E-state index is 0.588. The molecule has 0 spiro atoms. The standard InChI is InChI=1S/C14H22ClN/c1-3-4-5-7-12(2)16-11-13-8-6-9-14(15)10-13/h6,8-10,12,16H,3-5,7,11H2,1-2H3. The molecule has 90 valence electrons. The second kappa shape index (κ2) is 7.70. The van der Waals surface area contributed by atoms with E-state index in [0.29, 0.717) is 6.04 Å². The van der Waals surface area contributed by atoms with Crippen LogP contribution in [0.15, 0.2) is 24.3 Å². The lowest BCUT2D eigenvalue weighted by Gasteiger charge is -2.13. The van der Waals surface area contributed by atoms with Crippen molar-refractivity contribution >= 4 is 11.6 Å². The second-order valence-electron chi connectivity index (χ2n) is 4.41. The summed E-state index contributed by atoms with van der Waals surface area (Å²) in [6.07, 6.45) is 5.21. The summed E-state index contributed by atoms with van der Waals surface area (Å²) >= 11 is 5.93. The van der Waals surface area contributed by atoms with Crippen molar-refractivity contribution in [1.29, 1.82) is 0 Å². The smallest absolute Gasteiger partial charge is 0.0409 e. The molecule has 1 N–H and O–H groups in total. The van der Waals surface area contributed by atoms with Crippen LogP contribution in [-0.2, 0) is 6.54 Å². The van der Waals surface area contributed by atoms with Crippen LogP contribution in [0.25, 0.3) is 0 Å². The van der Waals surface area contributed by atoms with Crippen molar-refractivity contribution in [3.8, 4) is 0 Å². The lowest BCUT2D eigenvalue weighted by Crippen LogP contribution is -2.25. The zero-order valence-electron chi connectivity index (χ0n) is 10.3. The van der Waals surface area contributed by atoms with Crippen LogP contribution in [0.3, 0.4) is 0 Å². The first-order chi connectivity index (χ1) is 7.72. The Labute approximate surface area is 104 Å². The minimum Gasteiger partial charge on any atom is -0.310 e. The van der Waals surface area contributed by atoms with Crippen molar-refractivity contribution in [1.82, 2.24) is 5.32 Å². The van der Waals surface area contributed by atoms with E-state index in [1.165, 1.54) is 31.2 Å². The van der Waals surface area contributed by atoms with E-state index in [4.69, 9.17) is 11.6 Å². The third-order valence-corrected chi connectivity index (χ3v) is 3.02. The Morgan fingerprint density at radius 2 is 2.12 bits per heavy atom. The van der Waals surface area contributed by atoms with Crippen LogP contribution in [0.4, 0.5) is 0 Å². The van der Waals surface area contributed by atoms with Crippen LogP contribution >= 0.6 is 11.6 Å². The molecule has 1 atom stereocenters. The molecule has 16 heavy (non-hydrogen) atoms. The maximum absolute atomic E-state index is 5.93. The zero-order valence-corrected chi connectivity index (χ0v) is 11.1. The number of nitrogens with one attached hydrogen (secondary N) is 1. The van der Waals surface area contributed by atoms with E-state index in [2.05, 4.69) is 25.2 Å². The van der Waals surface area contributed by atoms with E-state index in [0.717, 1.165) is 11.6 Å². The number of hydrogen-bond acceptors (Lipinski definition) is 1. The van der Waals surface area contributed by atoms with Crippen LogP contribution in [0.2, 0.25) is 5.02 Å². The minimum atomic E-state index is 0.588. The normalized spacial score (nSPS) is 12.7. The Hall–Kier alpha value is -0.530. The maximum Gasteiger partial charge on any atom is 0.0409 e. The summed E-state index contributed by atoms with van der Waals surface area (Å²) in [5.41, 5.74) is 1.26. The summed E-state index contributed by atoms with van der Waals surface area (Å²) in [6.45, 7) is 5.40. The zero-order chi connectivity index (χ0) is 11.8. The molecule has 0 amide bonds. The van der Waals surface area contributed by atoms with Gasteiger partial charge in [-0.2, -0.15) is 0 Å². The van der Waals surface area contributed by atoms with Crippen molar-refractivity contribution in [2.75, 3.05) is 0 Å². The van der Waals surface area contributed by atoms with Crippen molar-refractivity contribution < 1.29 is 0 Å². The lowest BCUT2D eigenvalue weighted by atomic mass is 10.1. The third-order valence-electron chi connectivity index (χ3n) is 2.78. The van der Waals surface area contributed by atoms with Gasteiger partial charge in [-0.1, -0.05) is 49.9 Å². The fourth-order valence-electron chi connectivity index (χ4n) is 1.74. The van der Waals surface area contributed by atoms with Gasteiger partial charge in [0.05, 0.1) is 0 Å². The highest BCUT2D eigenvalue weighted by Gasteiger charge is 2.01. The fourth-order valence-corrected chi connectivity index (χ4v) is 1.95. The van der Waals surface area contributed by atoms with Gasteiger partial charge < -0.3 is 5.32 Å². The molecule has 2 heteroatoms. The third kappa shape index (κ3) is 5.53. The van der Waals surface area contributed by atoms with E-state index in [-0.39, 0.29) is 0 Å². The Bertz CT molecular complexity index is 299. The van der Waals surface area contributed by atoms with Gasteiger partial charge in [-0.25, -0.2) is 0 Å². The molecule has 1 unspecified atom stereocenters. The SMILES string of the molecule is CCCCCC(C)NCc1cccc(Cl)c1. The molecule has 0 saturated heterocycles. The van der Waals surface area contributed by atoms with Crippen LogP contribution in [0.5, 0.6) is 0 Å². The molecule has 0 heterocycles. The number of halogens is 1. The molecule has 0 radical (unpaired) electrons. The van der Waals surface area contributed by atoms with Crippen molar-refractivity contribution in [2.24, 2.45) is 0 Å². The Morgan fingerprint density at radius 1 is 1.31 bits per heavy atom. The van der Waals surface area contributed by atoms with E-state index in [9.17, 15) is 0 Å². The van der Waals surface area contributed by atoms with Crippen molar-refractivity contribution in [2.45, 2.75) is 52.1 Å². The predicted octanol–water partition coefficient (Wildman–Crippen LogP) is 4.40. The second-order valence-corrected chi connectivity index (χ2v) is 4.84. The Kier molecular flexibility index (Phi) is 6.51. The summed E-state index contributed by atoms with van der Waals surface area (Å²) < 4.78 is 0. The van der Waals surface area contributed by atoms with Gasteiger partial charge >= 0.3 is 0 Å². The number of benzene rings is 1. The number of rotatable bonds is 7. The number of hydrogen-bond donors (Lipinski definition) is 1. The highest BCUT2D eigenvalue weighted by Crippen LogP contribution is 2.11. The largest absolute Gasteiger partial charge is 0.310 e. The van der Waals surface area contributed by atoms with Crippen molar-refractivity contribution in [3.05, 3.63) is 34.9 Å². The van der Waals surface area contributed by atoms with E-state index < -0.39 is 0 Å². The maximum atomic E-state index is 5.93. The van der Waals surface area contributed by atoms with Gasteiger partial charge in [0, 0.05) is 17.6 Å². The van der Waals surface area contributed by atoms with Gasteiger partial charge in [-0.3, -0.25) is 0 Å². The molecule has 0 bridgehead atoms. The summed E-state index contributed by atoms with van der Waals surface area (Å²) in [7, 11) is 0. The highest BCUT2D eigenvalue weighted by atomic mass is 35.5. The molecule has 0 aromatic heterocycles. The monoisotopic (exact) mass is 239 g/mol. The van der Waals surface area contributed by atoms with Crippen molar-refractivity contribution in [3.63, 3.8) is 0 Å². The average Bonchev–Trinajstić information content (AvgIpc) is 2.27. The van der Waals surface area contributed by atoms with E-state index in [1.54, 1.807) is 0 Å². The highest BCUT2D eigenvalue weighted by molar-refractivity contribution is 6.30. The van der Waals surface area contributed by atoms with E-state index in [1.807, 2.05) is 18.2 Å². The molecule has 0 fully saturated rings. The Morgan fingerprint density at radius 3 is 2.81 bits per heavy atom. The van der Waals surface area contributed by atoms with Crippen LogP contribution in [-0.4, -0.2) is 6.04 Å². The summed E-state index contributed by atoms with van der Waals surface area (Å²) in [4.78, 5) is 0. The summed E-state index contributed by atoms with van der Waals surface area (Å²) in [6, 6.07) is 8.63. The molecule has 1 aromatic rings. The predicted molar refractivity (Wildman–Crippen MR) is 71.9 cm³/mol. The first-order valence-corrected chi connectivity index (χ1v) is 6.58. The van der Waals surface area contributed by atoms with Crippen LogP contribution in [0, 0.1) is 0 Å². The molecule has 1 rings (SSSR count). The molecular formula is C14H22ClN. The lowest BCUT2D eigenvalue weighted by molar-refractivity contribution is 0.487. The van der Waals surface area contributed by atoms with Crippen LogP contribution in [0.1, 0.15) is 45.1 Å². The first-order valence-electron chi connectivity index (χ1n) is 6.20. The van der Waals surface area contributed by atoms with Gasteiger partial charge in [-0.05, 0) is 31.0 Å². The van der Waals surface area contributed by atoms with Gasteiger partial charge in [0.15, 0.2) is 0 Å². The summed E-state index contributed by atoms with van der Waals surface area (Å²) in [5, 5.41) is 4.34. The van der Waals surface area contributed by atoms with Gasteiger partial charge in [0.25, 0.3) is 0 Å². The topological polar surface area (TPSA) is 12.0 Å². The average molecular weight is 240 g/mol. The molecule has 0 aliphatic heterocycles.